The summed E-state index contributed by atoms with van der Waals surface area (Å²) < 4.78 is 40.1. The van der Waals surface area contributed by atoms with Crippen LogP contribution >= 0.6 is 11.6 Å². The lowest BCUT2D eigenvalue weighted by Crippen LogP contribution is -2.20. The molecule has 0 amide bonds. The molecule has 1 atom stereocenters. The van der Waals surface area contributed by atoms with Gasteiger partial charge in [0.05, 0.1) is 0 Å². The first kappa shape index (κ1) is 14.9. The molecule has 1 unspecified atom stereocenters. The number of rotatable bonds is 4. The molecule has 0 fully saturated rings. The van der Waals surface area contributed by atoms with Gasteiger partial charge in [-0.05, 0) is 37.2 Å². The molecule has 106 valence electrons. The van der Waals surface area contributed by atoms with Gasteiger partial charge < -0.3 is 5.32 Å². The van der Waals surface area contributed by atoms with Gasteiger partial charge in [-0.25, -0.2) is 13.2 Å². The molecule has 0 aliphatic heterocycles. The zero-order valence-corrected chi connectivity index (χ0v) is 11.5. The van der Waals surface area contributed by atoms with Crippen LogP contribution in [0.3, 0.4) is 0 Å². The van der Waals surface area contributed by atoms with Gasteiger partial charge in [-0.15, -0.1) is 0 Å². The normalized spacial score (nSPS) is 12.4. The fourth-order valence-electron chi connectivity index (χ4n) is 2.06. The Hall–Kier alpha value is -1.52. The molecule has 0 aliphatic rings. The Morgan fingerprint density at radius 1 is 1.15 bits per heavy atom. The van der Waals surface area contributed by atoms with E-state index in [-0.39, 0.29) is 10.6 Å². The molecule has 0 aromatic heterocycles. The van der Waals surface area contributed by atoms with E-state index >= 15 is 0 Å². The number of hydrogen-bond acceptors (Lipinski definition) is 1. The van der Waals surface area contributed by atoms with Gasteiger partial charge in [-0.2, -0.15) is 0 Å². The van der Waals surface area contributed by atoms with Crippen LogP contribution in [0.25, 0.3) is 0 Å². The number of likely N-dealkylation sites (N-methyl/N-ethyl adjacent to an activating group) is 1. The lowest BCUT2D eigenvalue weighted by atomic mass is 9.98. The van der Waals surface area contributed by atoms with Crippen LogP contribution in [0, 0.1) is 17.5 Å². The van der Waals surface area contributed by atoms with Crippen molar-refractivity contribution in [3.8, 4) is 0 Å². The second-order valence-electron chi connectivity index (χ2n) is 4.42. The quantitative estimate of drug-likeness (QED) is 0.889. The highest BCUT2D eigenvalue weighted by molar-refractivity contribution is 6.31. The maximum absolute atomic E-state index is 13.8. The minimum absolute atomic E-state index is 0.216. The minimum atomic E-state index is -0.895. The van der Waals surface area contributed by atoms with Crippen molar-refractivity contribution in [3.05, 3.63) is 70.0 Å². The summed E-state index contributed by atoms with van der Waals surface area (Å²) in [5, 5.41) is 3.18. The smallest absolute Gasteiger partial charge is 0.163 e. The van der Waals surface area contributed by atoms with E-state index in [9.17, 15) is 13.2 Å². The van der Waals surface area contributed by atoms with Crippen LogP contribution in [0.4, 0.5) is 13.2 Å². The lowest BCUT2D eigenvalue weighted by Gasteiger charge is -2.18. The van der Waals surface area contributed by atoms with E-state index in [0.29, 0.717) is 12.0 Å². The number of benzene rings is 2. The van der Waals surface area contributed by atoms with Crippen LogP contribution in [0.2, 0.25) is 5.02 Å². The molecule has 0 radical (unpaired) electrons. The van der Waals surface area contributed by atoms with E-state index in [4.69, 9.17) is 11.6 Å². The number of nitrogens with one attached hydrogen (secondary N) is 1. The average Bonchev–Trinajstić information content (AvgIpc) is 2.42. The first-order valence-electron chi connectivity index (χ1n) is 6.08. The molecule has 5 heteroatoms. The van der Waals surface area contributed by atoms with Crippen molar-refractivity contribution in [1.29, 1.82) is 0 Å². The fraction of sp³-hybridized carbons (Fsp3) is 0.200. The van der Waals surface area contributed by atoms with E-state index in [2.05, 4.69) is 5.32 Å². The summed E-state index contributed by atoms with van der Waals surface area (Å²) in [6, 6.07) is 7.60. The molecule has 0 spiro atoms. The second kappa shape index (κ2) is 6.29. The molecule has 0 saturated carbocycles. The van der Waals surface area contributed by atoms with Gasteiger partial charge >= 0.3 is 0 Å². The molecule has 0 heterocycles. The molecular formula is C15H13ClF3N. The van der Waals surface area contributed by atoms with E-state index < -0.39 is 23.5 Å². The second-order valence-corrected chi connectivity index (χ2v) is 4.83. The molecule has 2 aromatic rings. The SMILES string of the molecule is CNC(Cc1ccc(F)cc1Cl)c1cccc(F)c1F. The maximum atomic E-state index is 13.8. The van der Waals surface area contributed by atoms with E-state index in [1.165, 1.54) is 24.3 Å². The first-order chi connectivity index (χ1) is 9.52. The predicted octanol–water partition coefficient (Wildman–Crippen LogP) is 4.26. The summed E-state index contributed by atoms with van der Waals surface area (Å²) in [6.45, 7) is 0. The average molecular weight is 300 g/mol. The molecular weight excluding hydrogens is 287 g/mol. The van der Waals surface area contributed by atoms with Crippen LogP contribution < -0.4 is 5.32 Å². The number of hydrogen-bond donors (Lipinski definition) is 1. The Morgan fingerprint density at radius 2 is 1.90 bits per heavy atom. The van der Waals surface area contributed by atoms with Crippen molar-refractivity contribution >= 4 is 11.6 Å². The molecule has 2 rings (SSSR count). The molecule has 0 saturated heterocycles. The van der Waals surface area contributed by atoms with Gasteiger partial charge in [0.2, 0.25) is 0 Å². The predicted molar refractivity (Wildman–Crippen MR) is 73.3 cm³/mol. The molecule has 0 bridgehead atoms. The third kappa shape index (κ3) is 3.14. The largest absolute Gasteiger partial charge is 0.313 e. The van der Waals surface area contributed by atoms with Crippen molar-refractivity contribution in [2.45, 2.75) is 12.5 Å². The van der Waals surface area contributed by atoms with Crippen LogP contribution in [0.15, 0.2) is 36.4 Å². The van der Waals surface area contributed by atoms with Crippen molar-refractivity contribution in [1.82, 2.24) is 5.32 Å². The van der Waals surface area contributed by atoms with Crippen LogP contribution in [-0.2, 0) is 6.42 Å². The summed E-state index contributed by atoms with van der Waals surface area (Å²) in [4.78, 5) is 0. The van der Waals surface area contributed by atoms with Crippen molar-refractivity contribution in [2.24, 2.45) is 0 Å². The Bertz CT molecular complexity index is 616. The van der Waals surface area contributed by atoms with Crippen molar-refractivity contribution in [3.63, 3.8) is 0 Å². The third-order valence-electron chi connectivity index (χ3n) is 3.14. The Kier molecular flexibility index (Phi) is 4.68. The minimum Gasteiger partial charge on any atom is -0.313 e. The highest BCUT2D eigenvalue weighted by Gasteiger charge is 2.18. The van der Waals surface area contributed by atoms with Crippen molar-refractivity contribution in [2.75, 3.05) is 7.05 Å². The maximum Gasteiger partial charge on any atom is 0.163 e. The first-order valence-corrected chi connectivity index (χ1v) is 6.46. The van der Waals surface area contributed by atoms with E-state index in [1.807, 2.05) is 0 Å². The van der Waals surface area contributed by atoms with Gasteiger partial charge in [-0.1, -0.05) is 29.8 Å². The summed E-state index contributed by atoms with van der Waals surface area (Å²) in [5.41, 5.74) is 0.879. The zero-order chi connectivity index (χ0) is 14.7. The molecule has 2 aromatic carbocycles. The zero-order valence-electron chi connectivity index (χ0n) is 10.8. The summed E-state index contributed by atoms with van der Waals surface area (Å²) in [5.74, 6) is -2.21. The van der Waals surface area contributed by atoms with Crippen LogP contribution in [0.5, 0.6) is 0 Å². The van der Waals surface area contributed by atoms with Gasteiger partial charge in [0, 0.05) is 16.6 Å². The fourth-order valence-corrected chi connectivity index (χ4v) is 2.31. The molecule has 20 heavy (non-hydrogen) atoms. The van der Waals surface area contributed by atoms with E-state index in [0.717, 1.165) is 6.07 Å². The summed E-state index contributed by atoms with van der Waals surface area (Å²) in [7, 11) is 1.65. The highest BCUT2D eigenvalue weighted by Crippen LogP contribution is 2.26. The lowest BCUT2D eigenvalue weighted by molar-refractivity contribution is 0.473. The van der Waals surface area contributed by atoms with Crippen LogP contribution in [0.1, 0.15) is 17.2 Å². The Labute approximate surface area is 120 Å². The van der Waals surface area contributed by atoms with E-state index in [1.54, 1.807) is 13.1 Å². The summed E-state index contributed by atoms with van der Waals surface area (Å²) >= 11 is 5.95. The van der Waals surface area contributed by atoms with Gasteiger partial charge in [0.1, 0.15) is 5.82 Å². The van der Waals surface area contributed by atoms with Crippen LogP contribution in [-0.4, -0.2) is 7.05 Å². The summed E-state index contributed by atoms with van der Waals surface area (Å²) in [6.07, 6.45) is 0.329. The molecule has 1 N–H and O–H groups in total. The standard InChI is InChI=1S/C15H13ClF3N/c1-20-14(11-3-2-4-13(18)15(11)19)7-9-5-6-10(17)8-12(9)16/h2-6,8,14,20H,7H2,1H3. The molecule has 1 nitrogen and oxygen atoms in total. The highest BCUT2D eigenvalue weighted by atomic mass is 35.5. The van der Waals surface area contributed by atoms with Crippen molar-refractivity contribution < 1.29 is 13.2 Å². The number of halogens is 4. The molecule has 0 aliphatic carbocycles. The third-order valence-corrected chi connectivity index (χ3v) is 3.50. The monoisotopic (exact) mass is 299 g/mol. The Balaban J connectivity index is 2.31. The Morgan fingerprint density at radius 3 is 2.55 bits per heavy atom. The topological polar surface area (TPSA) is 12.0 Å². The van der Waals surface area contributed by atoms with Gasteiger partial charge in [-0.3, -0.25) is 0 Å². The van der Waals surface area contributed by atoms with Gasteiger partial charge in [0.15, 0.2) is 11.6 Å². The van der Waals surface area contributed by atoms with Gasteiger partial charge in [0.25, 0.3) is 0 Å².